The van der Waals surface area contributed by atoms with Gasteiger partial charge in [-0.1, -0.05) is 137 Å². The van der Waals surface area contributed by atoms with Crippen LogP contribution in [-0.4, -0.2) is 20.2 Å². The van der Waals surface area contributed by atoms with Crippen LogP contribution in [0.4, 0.5) is 0 Å². The second kappa shape index (κ2) is 23.5. The van der Waals surface area contributed by atoms with Crippen LogP contribution in [0.3, 0.4) is 0 Å². The summed E-state index contributed by atoms with van der Waals surface area (Å²) < 4.78 is 6.79. The lowest BCUT2D eigenvalue weighted by Gasteiger charge is -2.39. The van der Waals surface area contributed by atoms with Gasteiger partial charge in [-0.25, -0.2) is 0 Å². The lowest BCUT2D eigenvalue weighted by Crippen LogP contribution is -2.43. The second-order valence-corrected chi connectivity index (χ2v) is 17.9. The summed E-state index contributed by atoms with van der Waals surface area (Å²) in [5, 5.41) is 0.274. The maximum atomic E-state index is 12.1. The van der Waals surface area contributed by atoms with E-state index in [4.69, 9.17) is 4.43 Å². The molecule has 0 aromatic heterocycles. The number of hydrogen-bond donors (Lipinski definition) is 0. The third kappa shape index (κ3) is 22.1. The van der Waals surface area contributed by atoms with Gasteiger partial charge < -0.3 is 4.43 Å². The van der Waals surface area contributed by atoms with Gasteiger partial charge in [0.2, 0.25) is 0 Å². The van der Waals surface area contributed by atoms with Crippen molar-refractivity contribution < 1.29 is 9.22 Å². The topological polar surface area (TPSA) is 26.3 Å². The molecule has 0 saturated heterocycles. The molecule has 0 aliphatic rings. The Morgan fingerprint density at radius 2 is 1.14 bits per heavy atom. The molecule has 0 aromatic carbocycles. The number of ketones is 1. The van der Waals surface area contributed by atoms with E-state index < -0.39 is 8.32 Å². The zero-order chi connectivity index (χ0) is 27.8. The van der Waals surface area contributed by atoms with E-state index in [1.165, 1.54) is 109 Å². The lowest BCUT2D eigenvalue weighted by atomic mass is 10.0. The molecule has 0 bridgehead atoms. The summed E-state index contributed by atoms with van der Waals surface area (Å²) in [7, 11) is -1.71. The Bertz CT molecular complexity index is 547. The third-order valence-corrected chi connectivity index (χ3v) is 12.9. The summed E-state index contributed by atoms with van der Waals surface area (Å²) in [4.78, 5) is 12.1. The molecule has 0 rings (SSSR count). The average Bonchev–Trinajstić information content (AvgIpc) is 2.83. The van der Waals surface area contributed by atoms with E-state index in [9.17, 15) is 4.79 Å². The molecule has 0 spiro atoms. The summed E-state index contributed by atoms with van der Waals surface area (Å²) in [5.74, 6) is 0.498. The largest absolute Gasteiger partial charge is 0.414 e. The van der Waals surface area contributed by atoms with Gasteiger partial charge >= 0.3 is 0 Å². The Hall–Kier alpha value is -0.413. The molecular weight excluding hydrogens is 468 g/mol. The van der Waals surface area contributed by atoms with Crippen LogP contribution in [0.5, 0.6) is 0 Å². The number of unbranched alkanes of at least 4 members (excludes halogenated alkanes) is 15. The molecular formula is C34H68O2Si. The Morgan fingerprint density at radius 3 is 1.65 bits per heavy atom. The van der Waals surface area contributed by atoms with Crippen molar-refractivity contribution in [2.45, 2.75) is 200 Å². The minimum absolute atomic E-state index is 0.274. The smallest absolute Gasteiger partial charge is 0.192 e. The van der Waals surface area contributed by atoms with Crippen molar-refractivity contribution in [3.63, 3.8) is 0 Å². The molecule has 1 atom stereocenters. The van der Waals surface area contributed by atoms with Crippen LogP contribution in [0.2, 0.25) is 18.1 Å². The van der Waals surface area contributed by atoms with Crippen LogP contribution in [-0.2, 0) is 9.22 Å². The monoisotopic (exact) mass is 536 g/mol. The van der Waals surface area contributed by atoms with Gasteiger partial charge in [-0.05, 0) is 56.7 Å². The molecule has 0 saturated carbocycles. The molecule has 0 aliphatic heterocycles. The van der Waals surface area contributed by atoms with Crippen LogP contribution < -0.4 is 0 Å². The van der Waals surface area contributed by atoms with E-state index in [2.05, 4.69) is 59.9 Å². The molecule has 0 heterocycles. The summed E-state index contributed by atoms with van der Waals surface area (Å²) in [6.45, 7) is 16.4. The summed E-state index contributed by atoms with van der Waals surface area (Å²) in [6.07, 6.45) is 32.1. The van der Waals surface area contributed by atoms with E-state index in [-0.39, 0.29) is 5.04 Å². The molecule has 0 radical (unpaired) electrons. The maximum Gasteiger partial charge on any atom is 0.192 e. The SMILES string of the molecule is CCCCCCCCCCC(=O)CCCCCCCC=CC[C@@H](CCCCCC)O[Si](C)(C)C(C)(C)C. The summed E-state index contributed by atoms with van der Waals surface area (Å²) in [5.41, 5.74) is 0. The highest BCUT2D eigenvalue weighted by Crippen LogP contribution is 2.38. The molecule has 0 amide bonds. The zero-order valence-corrected chi connectivity index (χ0v) is 27.6. The number of allylic oxidation sites excluding steroid dienone is 1. The normalized spacial score (nSPS) is 13.5. The van der Waals surface area contributed by atoms with Crippen molar-refractivity contribution in [1.82, 2.24) is 0 Å². The lowest BCUT2D eigenvalue weighted by molar-refractivity contribution is -0.119. The fraction of sp³-hybridized carbons (Fsp3) is 0.912. The second-order valence-electron chi connectivity index (χ2n) is 13.1. The zero-order valence-electron chi connectivity index (χ0n) is 26.6. The fourth-order valence-corrected chi connectivity index (χ4v) is 6.08. The first kappa shape index (κ1) is 36.6. The van der Waals surface area contributed by atoms with E-state index in [0.717, 1.165) is 32.1 Å². The number of Topliss-reactive ketones (excluding diaryl/α,β-unsaturated/α-hetero) is 1. The molecule has 0 N–H and O–H groups in total. The third-order valence-electron chi connectivity index (χ3n) is 8.35. The summed E-state index contributed by atoms with van der Waals surface area (Å²) >= 11 is 0. The predicted octanol–water partition coefficient (Wildman–Crippen LogP) is 12.1. The highest BCUT2D eigenvalue weighted by Gasteiger charge is 2.38. The van der Waals surface area contributed by atoms with Crippen LogP contribution in [0.15, 0.2) is 12.2 Å². The first-order chi connectivity index (χ1) is 17.6. The molecule has 37 heavy (non-hydrogen) atoms. The van der Waals surface area contributed by atoms with E-state index in [1.54, 1.807) is 0 Å². The quantitative estimate of drug-likeness (QED) is 0.0624. The number of hydrogen-bond acceptors (Lipinski definition) is 2. The molecule has 3 heteroatoms. The van der Waals surface area contributed by atoms with Gasteiger partial charge in [0.15, 0.2) is 8.32 Å². The first-order valence-electron chi connectivity index (χ1n) is 16.5. The van der Waals surface area contributed by atoms with E-state index in [1.807, 2.05) is 0 Å². The van der Waals surface area contributed by atoms with Gasteiger partial charge in [0.25, 0.3) is 0 Å². The maximum absolute atomic E-state index is 12.1. The minimum Gasteiger partial charge on any atom is -0.414 e. The average molecular weight is 537 g/mol. The molecule has 0 unspecified atom stereocenters. The minimum atomic E-state index is -1.71. The molecule has 0 aliphatic carbocycles. The Kier molecular flexibility index (Phi) is 23.2. The summed E-state index contributed by atoms with van der Waals surface area (Å²) in [6, 6.07) is 0. The van der Waals surface area contributed by atoms with Gasteiger partial charge in [0.1, 0.15) is 5.78 Å². The highest BCUT2D eigenvalue weighted by molar-refractivity contribution is 6.74. The van der Waals surface area contributed by atoms with Crippen molar-refractivity contribution in [3.8, 4) is 0 Å². The van der Waals surface area contributed by atoms with Crippen LogP contribution in [0, 0.1) is 0 Å². The Labute approximate surface area is 235 Å². The molecule has 220 valence electrons. The van der Waals surface area contributed by atoms with Gasteiger partial charge in [-0.15, -0.1) is 0 Å². The number of carbonyl (C=O) groups is 1. The van der Waals surface area contributed by atoms with Crippen molar-refractivity contribution >= 4 is 14.1 Å². The molecule has 2 nitrogen and oxygen atoms in total. The van der Waals surface area contributed by atoms with Crippen LogP contribution in [0.25, 0.3) is 0 Å². The van der Waals surface area contributed by atoms with Gasteiger partial charge in [0.05, 0.1) is 0 Å². The van der Waals surface area contributed by atoms with Crippen molar-refractivity contribution in [1.29, 1.82) is 0 Å². The van der Waals surface area contributed by atoms with Crippen molar-refractivity contribution in [2.75, 3.05) is 0 Å². The number of rotatable bonds is 26. The number of carbonyl (C=O) groups excluding carboxylic acids is 1. The predicted molar refractivity (Wildman–Crippen MR) is 169 cm³/mol. The first-order valence-corrected chi connectivity index (χ1v) is 19.4. The standard InChI is InChI=1S/C34H68O2Si/c1-8-10-12-14-15-18-21-24-28-32(35)29-25-22-19-16-17-20-23-27-31-33(30-26-13-11-9-2)36-37(6,7)34(3,4)5/h23,27,33H,8-22,24-26,28-31H2,1-7H3/t33-/m1/s1. The van der Waals surface area contributed by atoms with Crippen LogP contribution >= 0.6 is 0 Å². The molecule has 0 aromatic rings. The van der Waals surface area contributed by atoms with Gasteiger partial charge in [-0.2, -0.15) is 0 Å². The van der Waals surface area contributed by atoms with Crippen molar-refractivity contribution in [2.24, 2.45) is 0 Å². The Balaban J connectivity index is 3.89. The van der Waals surface area contributed by atoms with Gasteiger partial charge in [0, 0.05) is 18.9 Å². The van der Waals surface area contributed by atoms with E-state index in [0.29, 0.717) is 11.9 Å². The van der Waals surface area contributed by atoms with Gasteiger partial charge in [-0.3, -0.25) is 4.79 Å². The fourth-order valence-electron chi connectivity index (χ4n) is 4.68. The Morgan fingerprint density at radius 1 is 0.676 bits per heavy atom. The van der Waals surface area contributed by atoms with Crippen LogP contribution in [0.1, 0.15) is 176 Å². The molecule has 0 fully saturated rings. The van der Waals surface area contributed by atoms with Crippen molar-refractivity contribution in [3.05, 3.63) is 12.2 Å². The van der Waals surface area contributed by atoms with E-state index >= 15 is 0 Å². The highest BCUT2D eigenvalue weighted by atomic mass is 28.4.